The number of carbonyl (C=O) groups excluding carboxylic acids is 1. The van der Waals surface area contributed by atoms with Gasteiger partial charge in [-0.3, -0.25) is 4.79 Å². The van der Waals surface area contributed by atoms with E-state index in [4.69, 9.17) is 0 Å². The van der Waals surface area contributed by atoms with Crippen LogP contribution in [0.4, 0.5) is 0 Å². The van der Waals surface area contributed by atoms with Gasteiger partial charge in [-0.05, 0) is 19.7 Å². The van der Waals surface area contributed by atoms with Crippen LogP contribution in [0.3, 0.4) is 0 Å². The van der Waals surface area contributed by atoms with E-state index in [9.17, 15) is 4.79 Å². The Balaban J connectivity index is 3.31. The molecule has 2 N–H and O–H groups in total. The summed E-state index contributed by atoms with van der Waals surface area (Å²) < 4.78 is 0. The first-order valence-corrected chi connectivity index (χ1v) is 5.37. The first kappa shape index (κ1) is 11.8. The Morgan fingerprint density at radius 1 is 1.58 bits per heavy atom. The molecule has 0 radical (unpaired) electrons. The largest absolute Gasteiger partial charge is 0.354 e. The molecule has 0 aliphatic rings. The zero-order valence-electron chi connectivity index (χ0n) is 8.02. The van der Waals surface area contributed by atoms with Gasteiger partial charge < -0.3 is 10.6 Å². The number of thioether (sulfide) groups is 1. The van der Waals surface area contributed by atoms with Gasteiger partial charge in [0, 0.05) is 12.6 Å². The molecule has 0 aromatic heterocycles. The van der Waals surface area contributed by atoms with Crippen LogP contribution in [-0.4, -0.2) is 37.0 Å². The van der Waals surface area contributed by atoms with E-state index in [2.05, 4.69) is 10.6 Å². The molecule has 0 fully saturated rings. The van der Waals surface area contributed by atoms with Crippen molar-refractivity contribution in [2.24, 2.45) is 0 Å². The average molecular weight is 190 g/mol. The zero-order valence-corrected chi connectivity index (χ0v) is 8.83. The van der Waals surface area contributed by atoms with Crippen molar-refractivity contribution in [3.8, 4) is 0 Å². The van der Waals surface area contributed by atoms with E-state index in [0.29, 0.717) is 18.3 Å². The summed E-state index contributed by atoms with van der Waals surface area (Å²) in [4.78, 5) is 11.1. The molecule has 0 aromatic rings. The van der Waals surface area contributed by atoms with Gasteiger partial charge in [-0.15, -0.1) is 0 Å². The van der Waals surface area contributed by atoms with Crippen molar-refractivity contribution < 1.29 is 4.79 Å². The number of carbonyl (C=O) groups is 1. The molecule has 0 bridgehead atoms. The number of amides is 1. The third-order valence-electron chi connectivity index (χ3n) is 1.54. The van der Waals surface area contributed by atoms with Gasteiger partial charge in [0.25, 0.3) is 0 Å². The fourth-order valence-electron chi connectivity index (χ4n) is 0.615. The molecule has 0 saturated carbocycles. The predicted octanol–water partition coefficient (Wildman–Crippen LogP) is 0.464. The first-order chi connectivity index (χ1) is 5.70. The van der Waals surface area contributed by atoms with E-state index in [1.54, 1.807) is 11.8 Å². The maximum atomic E-state index is 11.1. The van der Waals surface area contributed by atoms with Crippen LogP contribution in [0, 0.1) is 0 Å². The molecule has 3 nitrogen and oxygen atoms in total. The highest BCUT2D eigenvalue weighted by Gasteiger charge is 2.02. The van der Waals surface area contributed by atoms with Crippen molar-refractivity contribution in [1.82, 2.24) is 10.6 Å². The van der Waals surface area contributed by atoms with Gasteiger partial charge in [-0.25, -0.2) is 0 Å². The highest BCUT2D eigenvalue weighted by atomic mass is 32.2. The first-order valence-electron chi connectivity index (χ1n) is 4.22. The van der Waals surface area contributed by atoms with Crippen molar-refractivity contribution in [3.05, 3.63) is 0 Å². The monoisotopic (exact) mass is 190 g/mol. The minimum absolute atomic E-state index is 0.129. The molecule has 0 saturated heterocycles. The third-order valence-corrected chi connectivity index (χ3v) is 2.41. The van der Waals surface area contributed by atoms with E-state index in [0.717, 1.165) is 5.75 Å². The van der Waals surface area contributed by atoms with Crippen molar-refractivity contribution in [3.63, 3.8) is 0 Å². The number of rotatable bonds is 6. The predicted molar refractivity (Wildman–Crippen MR) is 54.5 cm³/mol. The van der Waals surface area contributed by atoms with Gasteiger partial charge in [-0.2, -0.15) is 11.8 Å². The minimum atomic E-state index is 0.129. The molecule has 0 aromatic carbocycles. The van der Waals surface area contributed by atoms with Gasteiger partial charge in [0.2, 0.25) is 5.91 Å². The second-order valence-electron chi connectivity index (χ2n) is 2.63. The lowest BCUT2D eigenvalue weighted by molar-refractivity contribution is -0.118. The molecular formula is C8H18N2OS. The third kappa shape index (κ3) is 6.49. The smallest absolute Gasteiger partial charge is 0.230 e. The van der Waals surface area contributed by atoms with Crippen LogP contribution in [0.25, 0.3) is 0 Å². The molecule has 0 aliphatic carbocycles. The Morgan fingerprint density at radius 2 is 2.25 bits per heavy atom. The van der Waals surface area contributed by atoms with Crippen molar-refractivity contribution in [1.29, 1.82) is 0 Å². The summed E-state index contributed by atoms with van der Waals surface area (Å²) in [6.45, 7) is 4.79. The molecule has 0 spiro atoms. The molecule has 0 heterocycles. The van der Waals surface area contributed by atoms with Crippen LogP contribution in [-0.2, 0) is 4.79 Å². The summed E-state index contributed by atoms with van der Waals surface area (Å²) in [7, 11) is 1.89. The number of nitrogens with one attached hydrogen (secondary N) is 2. The lowest BCUT2D eigenvalue weighted by Gasteiger charge is -2.10. The fraction of sp³-hybridized carbons (Fsp3) is 0.875. The van der Waals surface area contributed by atoms with E-state index < -0.39 is 0 Å². The molecule has 1 unspecified atom stereocenters. The summed E-state index contributed by atoms with van der Waals surface area (Å²) in [6.07, 6.45) is 0. The van der Waals surface area contributed by atoms with Gasteiger partial charge in [-0.1, -0.05) is 6.92 Å². The minimum Gasteiger partial charge on any atom is -0.354 e. The Hall–Kier alpha value is -0.220. The SMILES string of the molecule is CCSCC(=O)NCC(C)NC. The van der Waals surface area contributed by atoms with Crippen molar-refractivity contribution in [2.45, 2.75) is 19.9 Å². The van der Waals surface area contributed by atoms with E-state index in [1.807, 2.05) is 20.9 Å². The van der Waals surface area contributed by atoms with Crippen molar-refractivity contribution >= 4 is 17.7 Å². The van der Waals surface area contributed by atoms with Gasteiger partial charge in [0.1, 0.15) is 0 Å². The van der Waals surface area contributed by atoms with Gasteiger partial charge in [0.15, 0.2) is 0 Å². The topological polar surface area (TPSA) is 41.1 Å². The Labute approximate surface area is 78.7 Å². The zero-order chi connectivity index (χ0) is 9.40. The molecule has 1 amide bonds. The van der Waals surface area contributed by atoms with Crippen LogP contribution in [0.15, 0.2) is 0 Å². The number of likely N-dealkylation sites (N-methyl/N-ethyl adjacent to an activating group) is 1. The standard InChI is InChI=1S/C8H18N2OS/c1-4-12-6-8(11)10-5-7(2)9-3/h7,9H,4-6H2,1-3H3,(H,10,11). The number of hydrogen-bond acceptors (Lipinski definition) is 3. The maximum absolute atomic E-state index is 11.1. The Bertz CT molecular complexity index is 130. The lowest BCUT2D eigenvalue weighted by atomic mass is 10.3. The van der Waals surface area contributed by atoms with Crippen LogP contribution in [0.2, 0.25) is 0 Å². The summed E-state index contributed by atoms with van der Waals surface area (Å²) in [5, 5.41) is 5.90. The molecule has 0 rings (SSSR count). The van der Waals surface area contributed by atoms with E-state index in [-0.39, 0.29) is 5.91 Å². The molecule has 72 valence electrons. The second-order valence-corrected chi connectivity index (χ2v) is 3.91. The highest BCUT2D eigenvalue weighted by Crippen LogP contribution is 1.96. The average Bonchev–Trinajstić information content (AvgIpc) is 2.10. The van der Waals surface area contributed by atoms with Crippen molar-refractivity contribution in [2.75, 3.05) is 25.1 Å². The normalized spacial score (nSPS) is 12.6. The van der Waals surface area contributed by atoms with Crippen LogP contribution < -0.4 is 10.6 Å². The summed E-state index contributed by atoms with van der Waals surface area (Å²) in [5.74, 6) is 1.70. The quantitative estimate of drug-likeness (QED) is 0.639. The van der Waals surface area contributed by atoms with Gasteiger partial charge in [0.05, 0.1) is 5.75 Å². The molecule has 12 heavy (non-hydrogen) atoms. The van der Waals surface area contributed by atoms with E-state index >= 15 is 0 Å². The van der Waals surface area contributed by atoms with Crippen LogP contribution in [0.1, 0.15) is 13.8 Å². The van der Waals surface area contributed by atoms with Crippen LogP contribution >= 0.6 is 11.8 Å². The summed E-state index contributed by atoms with van der Waals surface area (Å²) in [5.41, 5.74) is 0. The molecule has 0 aliphatic heterocycles. The number of hydrogen-bond donors (Lipinski definition) is 2. The summed E-state index contributed by atoms with van der Waals surface area (Å²) in [6, 6.07) is 0.348. The van der Waals surface area contributed by atoms with E-state index in [1.165, 1.54) is 0 Å². The lowest BCUT2D eigenvalue weighted by Crippen LogP contribution is -2.37. The van der Waals surface area contributed by atoms with Gasteiger partial charge >= 0.3 is 0 Å². The molecule has 1 atom stereocenters. The highest BCUT2D eigenvalue weighted by molar-refractivity contribution is 7.99. The summed E-state index contributed by atoms with van der Waals surface area (Å²) >= 11 is 1.64. The maximum Gasteiger partial charge on any atom is 0.230 e. The fourth-order valence-corrected chi connectivity index (χ4v) is 1.11. The van der Waals surface area contributed by atoms with Crippen LogP contribution in [0.5, 0.6) is 0 Å². The Kier molecular flexibility index (Phi) is 7.29. The molecule has 4 heteroatoms. The second kappa shape index (κ2) is 7.43. The molecular weight excluding hydrogens is 172 g/mol. The Morgan fingerprint density at radius 3 is 2.75 bits per heavy atom.